The van der Waals surface area contributed by atoms with Gasteiger partial charge in [0.1, 0.15) is 5.82 Å². The third kappa shape index (κ3) is 2.76. The van der Waals surface area contributed by atoms with Gasteiger partial charge in [0.15, 0.2) is 0 Å². The number of benzene rings is 2. The summed E-state index contributed by atoms with van der Waals surface area (Å²) in [5, 5.41) is 7.90. The van der Waals surface area contributed by atoms with Gasteiger partial charge in [0.25, 0.3) is 0 Å². The Morgan fingerprint density at radius 1 is 1.05 bits per heavy atom. The van der Waals surface area contributed by atoms with Gasteiger partial charge in [-0.15, -0.1) is 0 Å². The zero-order chi connectivity index (χ0) is 14.8. The third-order valence-electron chi connectivity index (χ3n) is 3.20. The van der Waals surface area contributed by atoms with Crippen LogP contribution in [0.5, 0.6) is 0 Å². The number of aromatic nitrogens is 2. The van der Waals surface area contributed by atoms with Gasteiger partial charge in [0.05, 0.1) is 16.2 Å². The molecule has 0 unspecified atom stereocenters. The molecule has 0 saturated heterocycles. The summed E-state index contributed by atoms with van der Waals surface area (Å²) in [5.41, 5.74) is 2.85. The van der Waals surface area contributed by atoms with Crippen LogP contribution in [0.25, 0.3) is 10.9 Å². The van der Waals surface area contributed by atoms with Gasteiger partial charge < -0.3 is 10.6 Å². The Labute approximate surface area is 128 Å². The van der Waals surface area contributed by atoms with Crippen molar-refractivity contribution >= 4 is 40.0 Å². The summed E-state index contributed by atoms with van der Waals surface area (Å²) in [7, 11) is 1.80. The van der Waals surface area contributed by atoms with E-state index in [0.717, 1.165) is 28.0 Å². The van der Waals surface area contributed by atoms with Gasteiger partial charge in [-0.1, -0.05) is 29.8 Å². The first-order valence-corrected chi connectivity index (χ1v) is 7.03. The number of halogens is 1. The SMILES string of the molecule is CNc1nc(Nc2cc(C)ccc2Cl)c2ccccc2n1. The Bertz CT molecular complexity index is 801. The van der Waals surface area contributed by atoms with E-state index >= 15 is 0 Å². The van der Waals surface area contributed by atoms with Gasteiger partial charge in [-0.05, 0) is 36.8 Å². The Balaban J connectivity index is 2.13. The van der Waals surface area contributed by atoms with Crippen LogP contribution in [0, 0.1) is 6.92 Å². The molecule has 1 heterocycles. The zero-order valence-corrected chi connectivity index (χ0v) is 12.6. The second-order valence-corrected chi connectivity index (χ2v) is 5.18. The summed E-state index contributed by atoms with van der Waals surface area (Å²) in [5.74, 6) is 1.30. The molecule has 3 aromatic rings. The molecule has 1 aromatic heterocycles. The number of hydrogen-bond acceptors (Lipinski definition) is 4. The first-order valence-electron chi connectivity index (χ1n) is 6.65. The fraction of sp³-hybridized carbons (Fsp3) is 0.125. The second kappa shape index (κ2) is 5.58. The zero-order valence-electron chi connectivity index (χ0n) is 11.8. The Kier molecular flexibility index (Phi) is 3.62. The molecule has 0 spiro atoms. The number of anilines is 3. The minimum Gasteiger partial charge on any atom is -0.357 e. The number of aryl methyl sites for hydroxylation is 1. The van der Waals surface area contributed by atoms with E-state index in [1.54, 1.807) is 7.05 Å². The van der Waals surface area contributed by atoms with Crippen LogP contribution in [0.4, 0.5) is 17.5 Å². The van der Waals surface area contributed by atoms with Gasteiger partial charge in [-0.25, -0.2) is 4.98 Å². The molecule has 4 nitrogen and oxygen atoms in total. The molecule has 0 saturated carbocycles. The molecule has 0 aliphatic heterocycles. The molecular weight excluding hydrogens is 284 g/mol. The highest BCUT2D eigenvalue weighted by atomic mass is 35.5. The smallest absolute Gasteiger partial charge is 0.224 e. The molecule has 0 bridgehead atoms. The highest BCUT2D eigenvalue weighted by Crippen LogP contribution is 2.29. The average molecular weight is 299 g/mol. The van der Waals surface area contributed by atoms with Gasteiger partial charge in [0, 0.05) is 12.4 Å². The van der Waals surface area contributed by atoms with Crippen molar-refractivity contribution < 1.29 is 0 Å². The molecule has 0 amide bonds. The lowest BCUT2D eigenvalue weighted by Gasteiger charge is -2.12. The van der Waals surface area contributed by atoms with Crippen molar-refractivity contribution in [2.75, 3.05) is 17.7 Å². The summed E-state index contributed by atoms with van der Waals surface area (Å²) in [6, 6.07) is 13.7. The molecular formula is C16H15ClN4. The fourth-order valence-corrected chi connectivity index (χ4v) is 2.31. The van der Waals surface area contributed by atoms with Gasteiger partial charge in [-0.2, -0.15) is 4.98 Å². The second-order valence-electron chi connectivity index (χ2n) is 4.77. The third-order valence-corrected chi connectivity index (χ3v) is 3.53. The molecule has 0 atom stereocenters. The van der Waals surface area contributed by atoms with Crippen molar-refractivity contribution in [1.29, 1.82) is 0 Å². The van der Waals surface area contributed by atoms with Crippen LogP contribution >= 0.6 is 11.6 Å². The Hall–Kier alpha value is -2.33. The van der Waals surface area contributed by atoms with Crippen LogP contribution in [-0.2, 0) is 0 Å². The van der Waals surface area contributed by atoms with Crippen molar-refractivity contribution in [2.24, 2.45) is 0 Å². The minimum atomic E-state index is 0.569. The fourth-order valence-electron chi connectivity index (χ4n) is 2.15. The van der Waals surface area contributed by atoms with Crippen LogP contribution in [0.1, 0.15) is 5.56 Å². The predicted octanol–water partition coefficient (Wildman–Crippen LogP) is 4.38. The monoisotopic (exact) mass is 298 g/mol. The first kappa shape index (κ1) is 13.6. The average Bonchev–Trinajstić information content (AvgIpc) is 2.50. The summed E-state index contributed by atoms with van der Waals surface area (Å²) in [4.78, 5) is 8.93. The van der Waals surface area contributed by atoms with E-state index < -0.39 is 0 Å². The van der Waals surface area contributed by atoms with E-state index in [1.165, 1.54) is 0 Å². The maximum absolute atomic E-state index is 6.25. The summed E-state index contributed by atoms with van der Waals surface area (Å²) < 4.78 is 0. The molecule has 0 radical (unpaired) electrons. The maximum Gasteiger partial charge on any atom is 0.224 e. The van der Waals surface area contributed by atoms with E-state index in [4.69, 9.17) is 11.6 Å². The lowest BCUT2D eigenvalue weighted by molar-refractivity contribution is 1.19. The lowest BCUT2D eigenvalue weighted by atomic mass is 10.2. The highest BCUT2D eigenvalue weighted by Gasteiger charge is 2.09. The number of nitrogens with zero attached hydrogens (tertiary/aromatic N) is 2. The lowest BCUT2D eigenvalue weighted by Crippen LogP contribution is -2.02. The van der Waals surface area contributed by atoms with Crippen LogP contribution in [0.3, 0.4) is 0 Å². The number of hydrogen-bond donors (Lipinski definition) is 2. The van der Waals surface area contributed by atoms with Crippen LogP contribution in [0.2, 0.25) is 5.02 Å². The molecule has 3 rings (SSSR count). The van der Waals surface area contributed by atoms with E-state index in [0.29, 0.717) is 11.0 Å². The molecule has 2 aromatic carbocycles. The summed E-state index contributed by atoms with van der Waals surface area (Å²) in [6.45, 7) is 2.03. The van der Waals surface area contributed by atoms with Crippen LogP contribution in [-0.4, -0.2) is 17.0 Å². The normalized spacial score (nSPS) is 10.6. The molecule has 5 heteroatoms. The van der Waals surface area contributed by atoms with Crippen molar-refractivity contribution in [1.82, 2.24) is 9.97 Å². The topological polar surface area (TPSA) is 49.8 Å². The quantitative estimate of drug-likeness (QED) is 0.753. The molecule has 106 valence electrons. The number of para-hydroxylation sites is 1. The van der Waals surface area contributed by atoms with E-state index in [2.05, 4.69) is 20.6 Å². The standard InChI is InChI=1S/C16H15ClN4/c1-10-7-8-12(17)14(9-10)19-15-11-5-3-4-6-13(11)20-16(18-2)21-15/h3-9H,1-2H3,(H2,18,19,20,21). The molecule has 0 aliphatic carbocycles. The van der Waals surface area contributed by atoms with Gasteiger partial charge in [0.2, 0.25) is 5.95 Å². The molecule has 0 aliphatic rings. The predicted molar refractivity (Wildman–Crippen MR) is 88.6 cm³/mol. The highest BCUT2D eigenvalue weighted by molar-refractivity contribution is 6.33. The van der Waals surface area contributed by atoms with E-state index in [-0.39, 0.29) is 0 Å². The van der Waals surface area contributed by atoms with Crippen molar-refractivity contribution in [3.05, 3.63) is 53.1 Å². The van der Waals surface area contributed by atoms with Crippen molar-refractivity contribution in [2.45, 2.75) is 6.92 Å². The van der Waals surface area contributed by atoms with Crippen molar-refractivity contribution in [3.63, 3.8) is 0 Å². The largest absolute Gasteiger partial charge is 0.357 e. The Morgan fingerprint density at radius 3 is 2.67 bits per heavy atom. The number of rotatable bonds is 3. The molecule has 21 heavy (non-hydrogen) atoms. The maximum atomic E-state index is 6.25. The number of nitrogens with one attached hydrogen (secondary N) is 2. The molecule has 2 N–H and O–H groups in total. The van der Waals surface area contributed by atoms with E-state index in [9.17, 15) is 0 Å². The first-order chi connectivity index (χ1) is 10.2. The van der Waals surface area contributed by atoms with Crippen LogP contribution < -0.4 is 10.6 Å². The Morgan fingerprint density at radius 2 is 1.86 bits per heavy atom. The minimum absolute atomic E-state index is 0.569. The van der Waals surface area contributed by atoms with Crippen LogP contribution in [0.15, 0.2) is 42.5 Å². The number of fused-ring (bicyclic) bond motifs is 1. The summed E-state index contributed by atoms with van der Waals surface area (Å²) >= 11 is 6.25. The molecule has 0 fully saturated rings. The van der Waals surface area contributed by atoms with E-state index in [1.807, 2.05) is 49.4 Å². The van der Waals surface area contributed by atoms with Gasteiger partial charge >= 0.3 is 0 Å². The van der Waals surface area contributed by atoms with Gasteiger partial charge in [-0.3, -0.25) is 0 Å². The van der Waals surface area contributed by atoms with Crippen molar-refractivity contribution in [3.8, 4) is 0 Å². The summed E-state index contributed by atoms with van der Waals surface area (Å²) in [6.07, 6.45) is 0.